The molecule has 8 heteroatoms. The van der Waals surface area contributed by atoms with Crippen LogP contribution in [0.3, 0.4) is 0 Å². The van der Waals surface area contributed by atoms with Gasteiger partial charge in [0.25, 0.3) is 0 Å². The van der Waals surface area contributed by atoms with Gasteiger partial charge in [-0.05, 0) is 17.5 Å². The van der Waals surface area contributed by atoms with Gasteiger partial charge in [0.05, 0.1) is 23.3 Å². The predicted octanol–water partition coefficient (Wildman–Crippen LogP) is 5.98. The highest BCUT2D eigenvalue weighted by Gasteiger charge is 2.34. The molecule has 0 radical (unpaired) electrons. The lowest BCUT2D eigenvalue weighted by Crippen LogP contribution is -2.08. The van der Waals surface area contributed by atoms with E-state index >= 15 is 0 Å². The van der Waals surface area contributed by atoms with Crippen LogP contribution in [0.1, 0.15) is 5.56 Å². The largest absolute Gasteiger partial charge is 0.494 e. The summed E-state index contributed by atoms with van der Waals surface area (Å²) in [6.45, 7) is 0. The molecular weight excluding hydrogens is 403 g/mol. The van der Waals surface area contributed by atoms with Gasteiger partial charge in [-0.25, -0.2) is 0 Å². The Hall–Kier alpha value is -3.06. The molecule has 1 aromatic heterocycles. The van der Waals surface area contributed by atoms with Crippen molar-refractivity contribution in [3.8, 4) is 28.5 Å². The molecular formula is C21H15ClF3N3O. The van der Waals surface area contributed by atoms with Gasteiger partial charge in [0, 0.05) is 18.0 Å². The summed E-state index contributed by atoms with van der Waals surface area (Å²) in [5.41, 5.74) is -0.278. The van der Waals surface area contributed by atoms with Gasteiger partial charge < -0.3 is 9.30 Å². The van der Waals surface area contributed by atoms with Gasteiger partial charge in [-0.15, -0.1) is 10.2 Å². The van der Waals surface area contributed by atoms with Crippen LogP contribution >= 0.6 is 11.6 Å². The average Bonchev–Trinajstić information content (AvgIpc) is 3.08. The fourth-order valence-corrected chi connectivity index (χ4v) is 3.72. The van der Waals surface area contributed by atoms with Gasteiger partial charge in [-0.1, -0.05) is 54.1 Å². The molecule has 0 aliphatic heterocycles. The number of hydrogen-bond donors (Lipinski definition) is 0. The van der Waals surface area contributed by atoms with Gasteiger partial charge in [-0.3, -0.25) is 0 Å². The van der Waals surface area contributed by atoms with Crippen molar-refractivity contribution >= 4 is 22.4 Å². The Bertz CT molecular complexity index is 1220. The van der Waals surface area contributed by atoms with Crippen LogP contribution in [0.2, 0.25) is 5.02 Å². The normalized spacial score (nSPS) is 11.8. The molecule has 0 atom stereocenters. The van der Waals surface area contributed by atoms with Crippen LogP contribution in [0.25, 0.3) is 33.5 Å². The molecule has 3 aromatic carbocycles. The second kappa shape index (κ2) is 7.08. The quantitative estimate of drug-likeness (QED) is 0.411. The van der Waals surface area contributed by atoms with Crippen LogP contribution in [-0.2, 0) is 13.2 Å². The second-order valence-electron chi connectivity index (χ2n) is 6.44. The number of nitrogens with zero attached hydrogens (tertiary/aromatic N) is 3. The van der Waals surface area contributed by atoms with Crippen LogP contribution < -0.4 is 4.74 Å². The maximum absolute atomic E-state index is 13.4. The summed E-state index contributed by atoms with van der Waals surface area (Å²) in [5.74, 6) is 0.831. The summed E-state index contributed by atoms with van der Waals surface area (Å²) in [5, 5.41) is 10.2. The first-order valence-electron chi connectivity index (χ1n) is 8.64. The summed E-state index contributed by atoms with van der Waals surface area (Å²) >= 11 is 6.53. The third kappa shape index (κ3) is 3.21. The molecule has 4 nitrogen and oxygen atoms in total. The number of fused-ring (bicyclic) bond motifs is 1. The smallest absolute Gasteiger partial charge is 0.417 e. The minimum atomic E-state index is -4.51. The second-order valence-corrected chi connectivity index (χ2v) is 6.82. The fraction of sp³-hybridized carbons (Fsp3) is 0.143. The first-order valence-corrected chi connectivity index (χ1v) is 9.02. The number of methoxy groups -OCH3 is 1. The van der Waals surface area contributed by atoms with E-state index in [1.165, 1.54) is 29.9 Å². The zero-order valence-corrected chi connectivity index (χ0v) is 16.2. The number of hydrogen-bond acceptors (Lipinski definition) is 3. The molecule has 0 fully saturated rings. The van der Waals surface area contributed by atoms with Gasteiger partial charge in [0.2, 0.25) is 0 Å². The first-order chi connectivity index (χ1) is 13.8. The Kier molecular flexibility index (Phi) is 4.70. The Morgan fingerprint density at radius 1 is 0.931 bits per heavy atom. The van der Waals surface area contributed by atoms with Crippen molar-refractivity contribution < 1.29 is 17.9 Å². The van der Waals surface area contributed by atoms with E-state index in [0.29, 0.717) is 22.2 Å². The Morgan fingerprint density at radius 3 is 2.24 bits per heavy atom. The Morgan fingerprint density at radius 2 is 1.55 bits per heavy atom. The standard InChI is InChI=1S/C21H15ClF3N3O/c1-28-19(14-9-5-6-10-16(14)21(23,24)25)26-27-20(28)15-11-12-7-3-4-8-13(12)17(22)18(15)29-2/h3-11H,1-2H3. The van der Waals surface area contributed by atoms with E-state index in [-0.39, 0.29) is 11.4 Å². The highest BCUT2D eigenvalue weighted by Crippen LogP contribution is 2.42. The Labute approximate surface area is 169 Å². The lowest BCUT2D eigenvalue weighted by molar-refractivity contribution is -0.137. The van der Waals surface area contributed by atoms with E-state index in [9.17, 15) is 13.2 Å². The number of alkyl halides is 3. The lowest BCUT2D eigenvalue weighted by Gasteiger charge is -2.14. The number of halogens is 4. The third-order valence-electron chi connectivity index (χ3n) is 4.73. The minimum absolute atomic E-state index is 0.0490. The molecule has 0 saturated carbocycles. The van der Waals surface area contributed by atoms with E-state index in [2.05, 4.69) is 10.2 Å². The number of ether oxygens (including phenoxy) is 1. The molecule has 1 heterocycles. The molecule has 29 heavy (non-hydrogen) atoms. The topological polar surface area (TPSA) is 39.9 Å². The van der Waals surface area contributed by atoms with E-state index in [0.717, 1.165) is 16.8 Å². The molecule has 0 spiro atoms. The van der Waals surface area contributed by atoms with Crippen molar-refractivity contribution in [2.45, 2.75) is 6.18 Å². The molecule has 0 aliphatic carbocycles. The maximum atomic E-state index is 13.4. The van der Waals surface area contributed by atoms with Crippen molar-refractivity contribution in [2.24, 2.45) is 7.05 Å². The molecule has 4 rings (SSSR count). The number of rotatable bonds is 3. The molecule has 0 aliphatic rings. The highest BCUT2D eigenvalue weighted by atomic mass is 35.5. The van der Waals surface area contributed by atoms with E-state index < -0.39 is 11.7 Å². The molecule has 0 bridgehead atoms. The number of aromatic nitrogens is 3. The van der Waals surface area contributed by atoms with Gasteiger partial charge in [0.1, 0.15) is 5.75 Å². The molecule has 0 unspecified atom stereocenters. The summed E-state index contributed by atoms with van der Waals surface area (Å²) < 4.78 is 47.3. The molecule has 0 amide bonds. The molecule has 4 aromatic rings. The van der Waals surface area contributed by atoms with Crippen molar-refractivity contribution in [3.63, 3.8) is 0 Å². The van der Waals surface area contributed by atoms with Crippen molar-refractivity contribution in [3.05, 3.63) is 65.2 Å². The van der Waals surface area contributed by atoms with Crippen molar-refractivity contribution in [1.29, 1.82) is 0 Å². The van der Waals surface area contributed by atoms with Gasteiger partial charge >= 0.3 is 6.18 Å². The van der Waals surface area contributed by atoms with Crippen LogP contribution in [-0.4, -0.2) is 21.9 Å². The van der Waals surface area contributed by atoms with Crippen molar-refractivity contribution in [1.82, 2.24) is 14.8 Å². The summed E-state index contributed by atoms with van der Waals surface area (Å²) in [4.78, 5) is 0. The number of benzene rings is 3. The lowest BCUT2D eigenvalue weighted by atomic mass is 10.0. The van der Waals surface area contributed by atoms with Crippen LogP contribution in [0.15, 0.2) is 54.6 Å². The van der Waals surface area contributed by atoms with Crippen LogP contribution in [0, 0.1) is 0 Å². The summed E-state index contributed by atoms with van der Waals surface area (Å²) in [6.07, 6.45) is -4.51. The minimum Gasteiger partial charge on any atom is -0.494 e. The molecule has 148 valence electrons. The monoisotopic (exact) mass is 417 g/mol. The van der Waals surface area contributed by atoms with E-state index in [1.54, 1.807) is 7.05 Å². The van der Waals surface area contributed by atoms with Gasteiger partial charge in [-0.2, -0.15) is 13.2 Å². The van der Waals surface area contributed by atoms with E-state index in [4.69, 9.17) is 16.3 Å². The zero-order valence-electron chi connectivity index (χ0n) is 15.5. The van der Waals surface area contributed by atoms with Crippen molar-refractivity contribution in [2.75, 3.05) is 7.11 Å². The zero-order chi connectivity index (χ0) is 20.8. The fourth-order valence-electron chi connectivity index (χ4n) is 3.37. The van der Waals surface area contributed by atoms with Gasteiger partial charge in [0.15, 0.2) is 11.6 Å². The summed E-state index contributed by atoms with van der Waals surface area (Å²) in [7, 11) is 3.09. The third-order valence-corrected chi connectivity index (χ3v) is 5.11. The summed E-state index contributed by atoms with van der Waals surface area (Å²) in [6, 6.07) is 14.6. The molecule has 0 saturated heterocycles. The van der Waals surface area contributed by atoms with Crippen LogP contribution in [0.5, 0.6) is 5.75 Å². The average molecular weight is 418 g/mol. The maximum Gasteiger partial charge on any atom is 0.417 e. The predicted molar refractivity (Wildman–Crippen MR) is 106 cm³/mol. The van der Waals surface area contributed by atoms with Crippen LogP contribution in [0.4, 0.5) is 13.2 Å². The highest BCUT2D eigenvalue weighted by molar-refractivity contribution is 6.37. The first kappa shape index (κ1) is 19.3. The Balaban J connectivity index is 1.94. The molecule has 0 N–H and O–H groups in total. The SMILES string of the molecule is COc1c(-c2nnc(-c3ccccc3C(F)(F)F)n2C)cc2ccccc2c1Cl. The van der Waals surface area contributed by atoms with E-state index in [1.807, 2.05) is 30.3 Å².